The molecule has 3 atom stereocenters. The summed E-state index contributed by atoms with van der Waals surface area (Å²) < 4.78 is 31.2. The van der Waals surface area contributed by atoms with Gasteiger partial charge in [0.2, 0.25) is 5.91 Å². The molecule has 3 aromatic rings. The number of amides is 1. The normalized spacial score (nSPS) is 17.3. The zero-order valence-corrected chi connectivity index (χ0v) is 21.9. The first-order valence-electron chi connectivity index (χ1n) is 12.7. The molecule has 38 heavy (non-hydrogen) atoms. The minimum absolute atomic E-state index is 0.0815. The lowest BCUT2D eigenvalue weighted by molar-refractivity contribution is -0.123. The zero-order valence-electron chi connectivity index (χ0n) is 21.1. The van der Waals surface area contributed by atoms with Crippen LogP contribution in [0.25, 0.3) is 0 Å². The van der Waals surface area contributed by atoms with E-state index < -0.39 is 28.0 Å². The Morgan fingerprint density at radius 1 is 0.974 bits per heavy atom. The maximum atomic E-state index is 13.0. The molecule has 1 fully saturated rings. The molecule has 1 aliphatic heterocycles. The second-order valence-electron chi connectivity index (χ2n) is 9.33. The fourth-order valence-corrected chi connectivity index (χ4v) is 5.73. The fourth-order valence-electron chi connectivity index (χ4n) is 4.38. The van der Waals surface area contributed by atoms with E-state index in [1.54, 1.807) is 54.6 Å². The minimum Gasteiger partial charge on any atom is -0.367 e. The van der Waals surface area contributed by atoms with Crippen LogP contribution in [-0.4, -0.2) is 57.7 Å². The predicted octanol–water partition coefficient (Wildman–Crippen LogP) is 2.45. The number of nitrogens with one attached hydrogen (secondary N) is 2. The van der Waals surface area contributed by atoms with Crippen molar-refractivity contribution in [3.05, 3.63) is 102 Å². The van der Waals surface area contributed by atoms with Crippen LogP contribution in [0.2, 0.25) is 0 Å². The van der Waals surface area contributed by atoms with Gasteiger partial charge in [-0.25, -0.2) is 8.42 Å². The van der Waals surface area contributed by atoms with Crippen molar-refractivity contribution in [2.24, 2.45) is 5.73 Å². The van der Waals surface area contributed by atoms with Gasteiger partial charge in [-0.2, -0.15) is 0 Å². The van der Waals surface area contributed by atoms with E-state index in [4.69, 9.17) is 10.5 Å². The molecule has 0 saturated carbocycles. The number of Topliss-reactive ketones (excluding diaryl/α,β-unsaturated/α-hetero) is 1. The van der Waals surface area contributed by atoms with E-state index in [9.17, 15) is 18.0 Å². The molecule has 1 amide bonds. The molecule has 3 aromatic carbocycles. The Morgan fingerprint density at radius 3 is 2.26 bits per heavy atom. The third-order valence-corrected chi connectivity index (χ3v) is 8.31. The van der Waals surface area contributed by atoms with E-state index in [0.717, 1.165) is 17.7 Å². The van der Waals surface area contributed by atoms with Crippen LogP contribution in [0.1, 0.15) is 33.9 Å². The van der Waals surface area contributed by atoms with Gasteiger partial charge < -0.3 is 21.1 Å². The average Bonchev–Trinajstić information content (AvgIpc) is 2.96. The Kier molecular flexibility index (Phi) is 9.41. The summed E-state index contributed by atoms with van der Waals surface area (Å²) in [7, 11) is -3.51. The Morgan fingerprint density at radius 2 is 1.63 bits per heavy atom. The lowest BCUT2D eigenvalue weighted by atomic mass is 9.99. The van der Waals surface area contributed by atoms with Crippen LogP contribution in [0.5, 0.6) is 0 Å². The fraction of sp³-hybridized carbons (Fsp3) is 0.310. The number of ether oxygens (including phenoxy) is 1. The van der Waals surface area contributed by atoms with Gasteiger partial charge in [0.15, 0.2) is 15.6 Å². The molecule has 0 radical (unpaired) electrons. The topological polar surface area (TPSA) is 128 Å². The number of rotatable bonds is 11. The number of nitrogens with two attached hydrogens (primary N) is 1. The van der Waals surface area contributed by atoms with Crippen LogP contribution in [0.4, 0.5) is 0 Å². The van der Waals surface area contributed by atoms with Crippen molar-refractivity contribution in [2.45, 2.75) is 35.9 Å². The van der Waals surface area contributed by atoms with Crippen LogP contribution in [0, 0.1) is 0 Å². The molecule has 0 aliphatic carbocycles. The molecule has 200 valence electrons. The Balaban J connectivity index is 1.38. The molecule has 1 aliphatic rings. The summed E-state index contributed by atoms with van der Waals surface area (Å²) >= 11 is 0. The van der Waals surface area contributed by atoms with Crippen molar-refractivity contribution in [1.29, 1.82) is 0 Å². The summed E-state index contributed by atoms with van der Waals surface area (Å²) in [5.74, 6) is -0.582. The van der Waals surface area contributed by atoms with E-state index in [2.05, 4.69) is 10.6 Å². The summed E-state index contributed by atoms with van der Waals surface area (Å²) in [6.45, 7) is 1.72. The van der Waals surface area contributed by atoms with E-state index in [0.29, 0.717) is 18.7 Å². The molecule has 4 rings (SSSR count). The maximum absolute atomic E-state index is 13.0. The minimum atomic E-state index is -3.51. The number of sulfone groups is 1. The van der Waals surface area contributed by atoms with Crippen molar-refractivity contribution < 1.29 is 22.7 Å². The number of hydrogen-bond donors (Lipinski definition) is 3. The van der Waals surface area contributed by atoms with Gasteiger partial charge >= 0.3 is 0 Å². The largest absolute Gasteiger partial charge is 0.367 e. The number of morpholine rings is 1. The van der Waals surface area contributed by atoms with Crippen LogP contribution < -0.4 is 16.4 Å². The standard InChI is InChI=1S/C29H33N3O5S/c30-25(19-21-11-13-23(14-12-21)28(33)27-20-31-16-17-37-27)29(34)32-26(22-7-3-1-4-8-22)15-18-38(35,36)24-9-5-2-6-10-24/h1-14,25-27,31H,15-20,30H2,(H,32,34)/t25-,26-,27?/m0/s1. The van der Waals surface area contributed by atoms with E-state index >= 15 is 0 Å². The second-order valence-corrected chi connectivity index (χ2v) is 11.4. The summed E-state index contributed by atoms with van der Waals surface area (Å²) in [4.78, 5) is 25.9. The van der Waals surface area contributed by atoms with Crippen molar-refractivity contribution in [2.75, 3.05) is 25.4 Å². The Bertz CT molecular complexity index is 1310. The van der Waals surface area contributed by atoms with E-state index in [-0.39, 0.29) is 35.2 Å². The highest BCUT2D eigenvalue weighted by Crippen LogP contribution is 2.21. The van der Waals surface area contributed by atoms with Gasteiger partial charge in [-0.3, -0.25) is 9.59 Å². The van der Waals surface area contributed by atoms with Crippen LogP contribution in [0.15, 0.2) is 89.8 Å². The molecule has 1 heterocycles. The molecule has 4 N–H and O–H groups in total. The maximum Gasteiger partial charge on any atom is 0.237 e. The monoisotopic (exact) mass is 535 g/mol. The third-order valence-electron chi connectivity index (χ3n) is 6.55. The van der Waals surface area contributed by atoms with E-state index in [1.165, 1.54) is 0 Å². The number of ketones is 1. The summed E-state index contributed by atoms with van der Waals surface area (Å²) in [5.41, 5.74) is 8.40. The Labute approximate surface area is 223 Å². The van der Waals surface area contributed by atoms with Gasteiger partial charge in [0.1, 0.15) is 6.10 Å². The second kappa shape index (κ2) is 12.9. The van der Waals surface area contributed by atoms with Gasteiger partial charge in [-0.05, 0) is 36.1 Å². The quantitative estimate of drug-likeness (QED) is 0.322. The predicted molar refractivity (Wildman–Crippen MR) is 145 cm³/mol. The van der Waals surface area contributed by atoms with Crippen molar-refractivity contribution in [3.63, 3.8) is 0 Å². The highest BCUT2D eigenvalue weighted by Gasteiger charge is 2.25. The van der Waals surface area contributed by atoms with Gasteiger partial charge in [0, 0.05) is 18.7 Å². The highest BCUT2D eigenvalue weighted by molar-refractivity contribution is 7.91. The number of carbonyl (C=O) groups is 2. The number of carbonyl (C=O) groups excluding carboxylic acids is 2. The SMILES string of the molecule is N[C@@H](Cc1ccc(C(=O)C2CNCCO2)cc1)C(=O)N[C@@H](CCS(=O)(=O)c1ccccc1)c1ccccc1. The zero-order chi connectivity index (χ0) is 27.0. The van der Waals surface area contributed by atoms with Crippen molar-refractivity contribution >= 4 is 21.5 Å². The molecule has 9 heteroatoms. The summed E-state index contributed by atoms with van der Waals surface area (Å²) in [5, 5.41) is 6.09. The molecule has 1 unspecified atom stereocenters. The molecule has 0 spiro atoms. The Hall–Kier alpha value is -3.37. The number of benzene rings is 3. The number of hydrogen-bond acceptors (Lipinski definition) is 7. The average molecular weight is 536 g/mol. The first kappa shape index (κ1) is 27.7. The first-order valence-corrected chi connectivity index (χ1v) is 14.3. The molecular weight excluding hydrogens is 502 g/mol. The highest BCUT2D eigenvalue weighted by atomic mass is 32.2. The van der Waals surface area contributed by atoms with Crippen LogP contribution >= 0.6 is 0 Å². The van der Waals surface area contributed by atoms with Gasteiger partial charge in [0.25, 0.3) is 0 Å². The lowest BCUT2D eigenvalue weighted by Gasteiger charge is -2.23. The molecule has 8 nitrogen and oxygen atoms in total. The summed E-state index contributed by atoms with van der Waals surface area (Å²) in [6.07, 6.45) is -0.0245. The molecule has 0 aromatic heterocycles. The van der Waals surface area contributed by atoms with E-state index in [1.807, 2.05) is 30.3 Å². The van der Waals surface area contributed by atoms with Crippen molar-refractivity contribution in [1.82, 2.24) is 10.6 Å². The molecule has 1 saturated heterocycles. The van der Waals surface area contributed by atoms with Gasteiger partial charge in [-0.15, -0.1) is 0 Å². The van der Waals surface area contributed by atoms with Crippen LogP contribution in [-0.2, 0) is 25.8 Å². The third kappa shape index (κ3) is 7.35. The smallest absolute Gasteiger partial charge is 0.237 e. The van der Waals surface area contributed by atoms with Gasteiger partial charge in [0.05, 0.1) is 29.3 Å². The molecular formula is C29H33N3O5S. The molecule has 0 bridgehead atoms. The lowest BCUT2D eigenvalue weighted by Crippen LogP contribution is -2.44. The van der Waals surface area contributed by atoms with Crippen molar-refractivity contribution in [3.8, 4) is 0 Å². The first-order chi connectivity index (χ1) is 18.3. The van der Waals surface area contributed by atoms with Gasteiger partial charge in [-0.1, -0.05) is 72.8 Å². The van der Waals surface area contributed by atoms with Crippen LogP contribution in [0.3, 0.4) is 0 Å². The summed E-state index contributed by atoms with van der Waals surface area (Å²) in [6, 6.07) is 23.2.